The van der Waals surface area contributed by atoms with E-state index in [-0.39, 0.29) is 5.91 Å². The van der Waals surface area contributed by atoms with Crippen molar-refractivity contribution in [1.82, 2.24) is 14.2 Å². The molecule has 0 atom stereocenters. The Morgan fingerprint density at radius 3 is 2.50 bits per heavy atom. The Bertz CT molecular complexity index is 1180. The summed E-state index contributed by atoms with van der Waals surface area (Å²) in [7, 11) is -3.45. The molecule has 1 N–H and O–H groups in total. The van der Waals surface area contributed by atoms with Crippen molar-refractivity contribution >= 4 is 38.4 Å². The van der Waals surface area contributed by atoms with Crippen LogP contribution in [0.3, 0.4) is 0 Å². The third-order valence-electron chi connectivity index (χ3n) is 5.92. The van der Waals surface area contributed by atoms with E-state index < -0.39 is 10.0 Å². The summed E-state index contributed by atoms with van der Waals surface area (Å²) in [5.41, 5.74) is 2.05. The lowest BCUT2D eigenvalue weighted by atomic mass is 10.1. The summed E-state index contributed by atoms with van der Waals surface area (Å²) in [5.74, 6) is -0.00916. The second-order valence-corrected chi connectivity index (χ2v) is 10.5. The van der Waals surface area contributed by atoms with Crippen LogP contribution in [0.2, 0.25) is 5.02 Å². The number of nitrogens with one attached hydrogen (secondary N) is 1. The predicted octanol–water partition coefficient (Wildman–Crippen LogP) is 4.22. The van der Waals surface area contributed by atoms with Crippen molar-refractivity contribution in [3.63, 3.8) is 0 Å². The monoisotopic (exact) mass is 473 g/mol. The van der Waals surface area contributed by atoms with Crippen molar-refractivity contribution in [3.05, 3.63) is 65.3 Å². The van der Waals surface area contributed by atoms with Gasteiger partial charge in [-0.25, -0.2) is 8.42 Å². The number of halogens is 1. The van der Waals surface area contributed by atoms with Gasteiger partial charge in [-0.2, -0.15) is 4.31 Å². The molecule has 2 aromatic carbocycles. The molecule has 1 amide bonds. The van der Waals surface area contributed by atoms with E-state index in [1.807, 2.05) is 47.2 Å². The van der Waals surface area contributed by atoms with Crippen LogP contribution in [-0.2, 0) is 27.8 Å². The molecule has 3 aromatic rings. The van der Waals surface area contributed by atoms with E-state index in [4.69, 9.17) is 11.6 Å². The molecule has 0 bridgehead atoms. The largest absolute Gasteiger partial charge is 0.356 e. The SMILES string of the molecule is O=C(CCn1ccc2cc(S(=O)(=O)N3CCCCC3)ccc21)NCCc1ccc(Cl)cc1. The molecule has 8 heteroatoms. The van der Waals surface area contributed by atoms with Crippen LogP contribution in [0.5, 0.6) is 0 Å². The van der Waals surface area contributed by atoms with Crippen LogP contribution in [0.15, 0.2) is 59.6 Å². The van der Waals surface area contributed by atoms with Gasteiger partial charge >= 0.3 is 0 Å². The normalized spacial score (nSPS) is 15.2. The van der Waals surface area contributed by atoms with Crippen molar-refractivity contribution in [2.75, 3.05) is 19.6 Å². The van der Waals surface area contributed by atoms with Crippen LogP contribution < -0.4 is 5.32 Å². The van der Waals surface area contributed by atoms with Crippen LogP contribution in [0, 0.1) is 0 Å². The van der Waals surface area contributed by atoms with Gasteiger partial charge in [-0.3, -0.25) is 4.79 Å². The summed E-state index contributed by atoms with van der Waals surface area (Å²) in [6.45, 7) is 2.29. The molecule has 1 saturated heterocycles. The molecule has 170 valence electrons. The molecule has 6 nitrogen and oxygen atoms in total. The molecule has 0 aliphatic carbocycles. The molecule has 1 fully saturated rings. The topological polar surface area (TPSA) is 71.4 Å². The van der Waals surface area contributed by atoms with Crippen LogP contribution >= 0.6 is 11.6 Å². The molecule has 1 aromatic heterocycles. The average Bonchev–Trinajstić information content (AvgIpc) is 3.22. The van der Waals surface area contributed by atoms with Crippen molar-refractivity contribution in [2.45, 2.75) is 43.5 Å². The summed E-state index contributed by atoms with van der Waals surface area (Å²) in [5, 5.41) is 4.52. The number of rotatable bonds is 8. The average molecular weight is 474 g/mol. The van der Waals surface area contributed by atoms with Crippen molar-refractivity contribution in [3.8, 4) is 0 Å². The Balaban J connectivity index is 1.33. The lowest BCUT2D eigenvalue weighted by Gasteiger charge is -2.25. The second kappa shape index (κ2) is 10.1. The highest BCUT2D eigenvalue weighted by Gasteiger charge is 2.26. The number of nitrogens with zero attached hydrogens (tertiary/aromatic N) is 2. The fraction of sp³-hybridized carbons (Fsp3) is 0.375. The summed E-state index contributed by atoms with van der Waals surface area (Å²) in [4.78, 5) is 12.6. The van der Waals surface area contributed by atoms with E-state index in [2.05, 4.69) is 5.32 Å². The van der Waals surface area contributed by atoms with E-state index in [9.17, 15) is 13.2 Å². The highest BCUT2D eigenvalue weighted by atomic mass is 35.5. The van der Waals surface area contributed by atoms with Gasteiger partial charge in [0.15, 0.2) is 0 Å². The highest BCUT2D eigenvalue weighted by molar-refractivity contribution is 7.89. The smallest absolute Gasteiger partial charge is 0.243 e. The molecule has 1 aliphatic heterocycles. The van der Waals surface area contributed by atoms with Gasteiger partial charge in [0.05, 0.1) is 4.90 Å². The number of hydrogen-bond donors (Lipinski definition) is 1. The first-order chi connectivity index (χ1) is 15.4. The molecule has 0 radical (unpaired) electrons. The van der Waals surface area contributed by atoms with Crippen LogP contribution in [0.4, 0.5) is 0 Å². The van der Waals surface area contributed by atoms with Crippen LogP contribution in [0.25, 0.3) is 10.9 Å². The lowest BCUT2D eigenvalue weighted by molar-refractivity contribution is -0.121. The van der Waals surface area contributed by atoms with E-state index in [1.54, 1.807) is 16.4 Å². The number of sulfonamides is 1. The van der Waals surface area contributed by atoms with Gasteiger partial charge in [0.2, 0.25) is 15.9 Å². The fourth-order valence-corrected chi connectivity index (χ4v) is 5.77. The molecular formula is C24H28ClN3O3S. The zero-order chi connectivity index (χ0) is 22.6. The predicted molar refractivity (Wildman–Crippen MR) is 127 cm³/mol. The highest BCUT2D eigenvalue weighted by Crippen LogP contribution is 2.25. The summed E-state index contributed by atoms with van der Waals surface area (Å²) in [6.07, 6.45) is 5.94. The quantitative estimate of drug-likeness (QED) is 0.532. The van der Waals surface area contributed by atoms with E-state index in [0.29, 0.717) is 42.5 Å². The minimum Gasteiger partial charge on any atom is -0.356 e. The summed E-state index contributed by atoms with van der Waals surface area (Å²) in [6, 6.07) is 14.8. The van der Waals surface area contributed by atoms with Gasteiger partial charge < -0.3 is 9.88 Å². The molecule has 1 aliphatic rings. The Morgan fingerprint density at radius 2 is 1.75 bits per heavy atom. The molecule has 0 unspecified atom stereocenters. The number of carbonyl (C=O) groups excluding carboxylic acids is 1. The third kappa shape index (κ3) is 5.34. The van der Waals surface area contributed by atoms with E-state index in [1.165, 1.54) is 0 Å². The zero-order valence-electron chi connectivity index (χ0n) is 18.0. The molecule has 4 rings (SSSR count). The number of aryl methyl sites for hydroxylation is 1. The number of fused-ring (bicyclic) bond motifs is 1. The number of carbonyl (C=O) groups is 1. The maximum absolute atomic E-state index is 12.9. The first kappa shape index (κ1) is 22.8. The number of amides is 1. The van der Waals surface area contributed by atoms with Crippen molar-refractivity contribution < 1.29 is 13.2 Å². The maximum Gasteiger partial charge on any atom is 0.243 e. The number of aromatic nitrogens is 1. The number of benzene rings is 2. The summed E-state index contributed by atoms with van der Waals surface area (Å²) >= 11 is 5.89. The summed E-state index contributed by atoms with van der Waals surface area (Å²) < 4.78 is 29.4. The first-order valence-corrected chi connectivity index (χ1v) is 12.9. The van der Waals surface area contributed by atoms with Crippen molar-refractivity contribution in [2.24, 2.45) is 0 Å². The van der Waals surface area contributed by atoms with E-state index >= 15 is 0 Å². The minimum absolute atomic E-state index is 0.00916. The third-order valence-corrected chi connectivity index (χ3v) is 8.07. The second-order valence-electron chi connectivity index (χ2n) is 8.17. The molecule has 2 heterocycles. The lowest BCUT2D eigenvalue weighted by Crippen LogP contribution is -2.35. The maximum atomic E-state index is 12.9. The molecular weight excluding hydrogens is 446 g/mol. The Morgan fingerprint density at radius 1 is 1.00 bits per heavy atom. The number of piperidine rings is 1. The zero-order valence-corrected chi connectivity index (χ0v) is 19.5. The van der Waals surface area contributed by atoms with Crippen LogP contribution in [-0.4, -0.2) is 42.8 Å². The minimum atomic E-state index is -3.45. The van der Waals surface area contributed by atoms with Gasteiger partial charge in [0.25, 0.3) is 0 Å². The Kier molecular flexibility index (Phi) is 7.18. The van der Waals surface area contributed by atoms with Gasteiger partial charge in [0, 0.05) is 54.7 Å². The number of hydrogen-bond acceptors (Lipinski definition) is 3. The fourth-order valence-electron chi connectivity index (χ4n) is 4.10. The standard InChI is InChI=1S/C24H28ClN3O3S/c25-21-6-4-19(5-7-21)10-13-26-24(29)12-17-27-16-11-20-18-22(8-9-23(20)27)32(30,31)28-14-2-1-3-15-28/h4-9,11,16,18H,1-3,10,12-15,17H2,(H,26,29). The molecule has 0 saturated carbocycles. The van der Waals surface area contributed by atoms with Gasteiger partial charge in [-0.15, -0.1) is 0 Å². The molecule has 0 spiro atoms. The molecule has 32 heavy (non-hydrogen) atoms. The van der Waals surface area contributed by atoms with Gasteiger partial charge in [-0.05, 0) is 61.2 Å². The van der Waals surface area contributed by atoms with Crippen molar-refractivity contribution in [1.29, 1.82) is 0 Å². The Labute approximate surface area is 194 Å². The van der Waals surface area contributed by atoms with Gasteiger partial charge in [-0.1, -0.05) is 30.2 Å². The first-order valence-electron chi connectivity index (χ1n) is 11.0. The van der Waals surface area contributed by atoms with Crippen LogP contribution in [0.1, 0.15) is 31.2 Å². The van der Waals surface area contributed by atoms with E-state index in [0.717, 1.165) is 42.1 Å². The van der Waals surface area contributed by atoms with Gasteiger partial charge in [0.1, 0.15) is 0 Å². The Hall–Kier alpha value is -2.35.